The second-order valence-corrected chi connectivity index (χ2v) is 7.10. The summed E-state index contributed by atoms with van der Waals surface area (Å²) in [5, 5.41) is 20.1. The minimum atomic E-state index is -0.562. The first kappa shape index (κ1) is 23.6. The fraction of sp³-hybridized carbons (Fsp3) is 0.261. The number of carbonyl (C=O) groups excluding carboxylic acids is 2. The van der Waals surface area contributed by atoms with E-state index in [-0.39, 0.29) is 17.0 Å². The molecule has 10 heteroatoms. The van der Waals surface area contributed by atoms with Gasteiger partial charge >= 0.3 is 0 Å². The lowest BCUT2D eigenvalue weighted by Crippen LogP contribution is -2.37. The van der Waals surface area contributed by atoms with Gasteiger partial charge in [0.05, 0.1) is 41.0 Å². The third kappa shape index (κ3) is 4.90. The molecule has 0 N–H and O–H groups in total. The lowest BCUT2D eigenvalue weighted by molar-refractivity contribution is -0.384. The van der Waals surface area contributed by atoms with Crippen LogP contribution in [0.15, 0.2) is 54.2 Å². The number of nitrogens with zero attached hydrogens (tertiary/aromatic N) is 4. The first-order chi connectivity index (χ1) is 15.9. The van der Waals surface area contributed by atoms with E-state index in [4.69, 9.17) is 14.7 Å². The van der Waals surface area contributed by atoms with Gasteiger partial charge in [-0.15, -0.1) is 0 Å². The molecule has 1 aliphatic rings. The summed E-state index contributed by atoms with van der Waals surface area (Å²) >= 11 is 0. The Kier molecular flexibility index (Phi) is 7.50. The molecular weight excluding hydrogens is 428 g/mol. The molecule has 1 heterocycles. The summed E-state index contributed by atoms with van der Waals surface area (Å²) in [6.45, 7) is 1.26. The molecule has 0 saturated carbocycles. The zero-order valence-electron chi connectivity index (χ0n) is 18.2. The standard InChI is InChI=1S/C23H22N4O6/c1-32-13-11-25(12-14-33-2)21-20(17-5-9-19(10-6-17)27(30)31)22(28)26(23(21)29)18-7-3-16(15-24)4-8-18/h3-10H,11-14H2,1-2H3. The predicted molar refractivity (Wildman–Crippen MR) is 119 cm³/mol. The molecule has 3 rings (SSSR count). The number of methoxy groups -OCH3 is 2. The van der Waals surface area contributed by atoms with Gasteiger partial charge in [0.15, 0.2) is 0 Å². The van der Waals surface area contributed by atoms with Crippen LogP contribution in [0.1, 0.15) is 11.1 Å². The molecule has 0 aliphatic carbocycles. The summed E-state index contributed by atoms with van der Waals surface area (Å²) in [6.07, 6.45) is 0. The minimum absolute atomic E-state index is 0.128. The third-order valence-electron chi connectivity index (χ3n) is 5.13. The zero-order valence-corrected chi connectivity index (χ0v) is 18.2. The summed E-state index contributed by atoms with van der Waals surface area (Å²) < 4.78 is 10.3. The number of benzene rings is 2. The molecule has 0 aromatic heterocycles. The van der Waals surface area contributed by atoms with Gasteiger partial charge in [0, 0.05) is 39.4 Å². The monoisotopic (exact) mass is 450 g/mol. The molecule has 1 aliphatic heterocycles. The smallest absolute Gasteiger partial charge is 0.282 e. The zero-order chi connectivity index (χ0) is 24.0. The molecule has 2 aromatic carbocycles. The average Bonchev–Trinajstić information content (AvgIpc) is 3.09. The summed E-state index contributed by atoms with van der Waals surface area (Å²) in [4.78, 5) is 40.3. The van der Waals surface area contributed by atoms with E-state index < -0.39 is 16.7 Å². The molecule has 170 valence electrons. The van der Waals surface area contributed by atoms with Crippen molar-refractivity contribution < 1.29 is 24.0 Å². The van der Waals surface area contributed by atoms with Gasteiger partial charge in [-0.2, -0.15) is 5.26 Å². The number of hydrogen-bond acceptors (Lipinski definition) is 8. The fourth-order valence-corrected chi connectivity index (χ4v) is 3.48. The molecule has 0 fully saturated rings. The highest BCUT2D eigenvalue weighted by atomic mass is 16.6. The molecule has 0 radical (unpaired) electrons. The Labute approximate surface area is 190 Å². The van der Waals surface area contributed by atoms with Crippen LogP contribution < -0.4 is 4.90 Å². The van der Waals surface area contributed by atoms with Crippen molar-refractivity contribution in [3.8, 4) is 6.07 Å². The summed E-state index contributed by atoms with van der Waals surface area (Å²) in [5.41, 5.74) is 1.25. The van der Waals surface area contributed by atoms with Gasteiger partial charge in [-0.05, 0) is 42.0 Å². The second-order valence-electron chi connectivity index (χ2n) is 7.10. The van der Waals surface area contributed by atoms with Gasteiger partial charge in [-0.1, -0.05) is 0 Å². The van der Waals surface area contributed by atoms with Crippen LogP contribution >= 0.6 is 0 Å². The lowest BCUT2D eigenvalue weighted by Gasteiger charge is -2.25. The van der Waals surface area contributed by atoms with Gasteiger partial charge in [0.25, 0.3) is 17.5 Å². The molecule has 10 nitrogen and oxygen atoms in total. The Balaban J connectivity index is 2.12. The van der Waals surface area contributed by atoms with Crippen LogP contribution in [0.3, 0.4) is 0 Å². The van der Waals surface area contributed by atoms with Crippen LogP contribution in [0.25, 0.3) is 5.57 Å². The summed E-state index contributed by atoms with van der Waals surface area (Å²) in [6, 6.07) is 13.6. The number of nitriles is 1. The van der Waals surface area contributed by atoms with Crippen LogP contribution in [0.4, 0.5) is 11.4 Å². The maximum Gasteiger partial charge on any atom is 0.282 e. The maximum atomic E-state index is 13.5. The number of hydrogen-bond donors (Lipinski definition) is 0. The highest BCUT2D eigenvalue weighted by Crippen LogP contribution is 2.35. The number of amides is 2. The molecule has 2 amide bonds. The Bertz CT molecular complexity index is 1110. The van der Waals surface area contributed by atoms with Crippen molar-refractivity contribution in [3.63, 3.8) is 0 Å². The Hall–Kier alpha value is -4.07. The number of imide groups is 1. The van der Waals surface area contributed by atoms with Gasteiger partial charge in [-0.3, -0.25) is 19.7 Å². The molecule has 0 atom stereocenters. The maximum absolute atomic E-state index is 13.5. The third-order valence-corrected chi connectivity index (χ3v) is 5.13. The second kappa shape index (κ2) is 10.5. The van der Waals surface area contributed by atoms with Crippen LogP contribution in [0.5, 0.6) is 0 Å². The van der Waals surface area contributed by atoms with Crippen LogP contribution in [0, 0.1) is 21.4 Å². The van der Waals surface area contributed by atoms with Crippen molar-refractivity contribution in [2.24, 2.45) is 0 Å². The molecule has 33 heavy (non-hydrogen) atoms. The van der Waals surface area contributed by atoms with Crippen molar-refractivity contribution in [1.29, 1.82) is 5.26 Å². The van der Waals surface area contributed by atoms with Crippen LogP contribution in [-0.4, -0.2) is 62.2 Å². The van der Waals surface area contributed by atoms with E-state index in [9.17, 15) is 19.7 Å². The number of nitro groups is 1. The molecule has 0 saturated heterocycles. The topological polar surface area (TPSA) is 126 Å². The Morgan fingerprint density at radius 3 is 2.03 bits per heavy atom. The number of nitro benzene ring substituents is 1. The van der Waals surface area contributed by atoms with E-state index in [1.807, 2.05) is 6.07 Å². The van der Waals surface area contributed by atoms with E-state index in [1.54, 1.807) is 4.90 Å². The first-order valence-corrected chi connectivity index (χ1v) is 10.0. The number of anilines is 1. The molecule has 0 bridgehead atoms. The minimum Gasteiger partial charge on any atom is -0.383 e. The Morgan fingerprint density at radius 2 is 1.55 bits per heavy atom. The van der Waals surface area contributed by atoms with E-state index >= 15 is 0 Å². The SMILES string of the molecule is COCCN(CCOC)C1=C(c2ccc([N+](=O)[O-])cc2)C(=O)N(c2ccc(C#N)cc2)C1=O. The van der Waals surface area contributed by atoms with E-state index in [0.717, 1.165) is 4.90 Å². The van der Waals surface area contributed by atoms with E-state index in [0.29, 0.717) is 43.1 Å². The highest BCUT2D eigenvalue weighted by molar-refractivity contribution is 6.45. The number of carbonyl (C=O) groups is 2. The van der Waals surface area contributed by atoms with E-state index in [1.165, 1.54) is 62.8 Å². The molecule has 0 unspecified atom stereocenters. The first-order valence-electron chi connectivity index (χ1n) is 10.0. The lowest BCUT2D eigenvalue weighted by atomic mass is 10.0. The van der Waals surface area contributed by atoms with Crippen molar-refractivity contribution in [2.75, 3.05) is 45.4 Å². The van der Waals surface area contributed by atoms with E-state index in [2.05, 4.69) is 0 Å². The normalized spacial score (nSPS) is 13.4. The van der Waals surface area contributed by atoms with Gasteiger partial charge in [0.1, 0.15) is 5.70 Å². The number of non-ortho nitro benzene ring substituents is 1. The van der Waals surface area contributed by atoms with Crippen LogP contribution in [0.2, 0.25) is 0 Å². The van der Waals surface area contributed by atoms with Crippen molar-refractivity contribution >= 4 is 28.8 Å². The fourth-order valence-electron chi connectivity index (χ4n) is 3.48. The number of rotatable bonds is 10. The molecule has 2 aromatic rings. The summed E-state index contributed by atoms with van der Waals surface area (Å²) in [7, 11) is 3.07. The Morgan fingerprint density at radius 1 is 0.970 bits per heavy atom. The molecular formula is C23H22N4O6. The summed E-state index contributed by atoms with van der Waals surface area (Å²) in [5.74, 6) is -1.10. The highest BCUT2D eigenvalue weighted by Gasteiger charge is 2.42. The largest absolute Gasteiger partial charge is 0.383 e. The van der Waals surface area contributed by atoms with Crippen molar-refractivity contribution in [1.82, 2.24) is 4.90 Å². The number of ether oxygens (including phenoxy) is 2. The van der Waals surface area contributed by atoms with Gasteiger partial charge in [-0.25, -0.2) is 4.90 Å². The quantitative estimate of drug-likeness (QED) is 0.307. The molecule has 0 spiro atoms. The van der Waals surface area contributed by atoms with Crippen molar-refractivity contribution in [2.45, 2.75) is 0 Å². The average molecular weight is 450 g/mol. The van der Waals surface area contributed by atoms with Gasteiger partial charge in [0.2, 0.25) is 0 Å². The van der Waals surface area contributed by atoms with Crippen LogP contribution in [-0.2, 0) is 19.1 Å². The van der Waals surface area contributed by atoms with Gasteiger partial charge < -0.3 is 14.4 Å². The van der Waals surface area contributed by atoms with Crippen molar-refractivity contribution in [3.05, 3.63) is 75.5 Å². The predicted octanol–water partition coefficient (Wildman–Crippen LogP) is 2.35.